The van der Waals surface area contributed by atoms with Gasteiger partial charge in [0.2, 0.25) is 0 Å². The highest BCUT2D eigenvalue weighted by Gasteiger charge is 2.32. The molecule has 4 heterocycles. The lowest BCUT2D eigenvalue weighted by molar-refractivity contribution is 0.0212. The zero-order valence-corrected chi connectivity index (χ0v) is 20.9. The van der Waals surface area contributed by atoms with Crippen molar-refractivity contribution in [2.75, 3.05) is 44.0 Å². The van der Waals surface area contributed by atoms with Crippen molar-refractivity contribution in [3.63, 3.8) is 0 Å². The molecule has 0 aromatic carbocycles. The molecular formula is C25H32N6O3S. The van der Waals surface area contributed by atoms with Gasteiger partial charge < -0.3 is 31.2 Å². The second-order valence-corrected chi connectivity index (χ2v) is 10.3. The van der Waals surface area contributed by atoms with E-state index in [-0.39, 0.29) is 24.1 Å². The molecule has 0 bridgehead atoms. The Kier molecular flexibility index (Phi) is 6.88. The summed E-state index contributed by atoms with van der Waals surface area (Å²) in [5.74, 6) is 0.798. The fourth-order valence-corrected chi connectivity index (χ4v) is 5.90. The Morgan fingerprint density at radius 3 is 2.91 bits per heavy atom. The molecule has 1 fully saturated rings. The summed E-state index contributed by atoms with van der Waals surface area (Å²) in [6.07, 6.45) is 2.37. The van der Waals surface area contributed by atoms with Gasteiger partial charge in [-0.15, -0.1) is 11.3 Å². The van der Waals surface area contributed by atoms with Gasteiger partial charge in [-0.3, -0.25) is 4.79 Å². The number of hydrogen-bond acceptors (Lipinski definition) is 9. The summed E-state index contributed by atoms with van der Waals surface area (Å²) in [6, 6.07) is 8.01. The maximum Gasteiger partial charge on any atom is 0.263 e. The molecule has 10 heteroatoms. The van der Waals surface area contributed by atoms with Crippen molar-refractivity contribution in [1.29, 1.82) is 0 Å². The number of anilines is 2. The largest absolute Gasteiger partial charge is 0.397 e. The summed E-state index contributed by atoms with van der Waals surface area (Å²) >= 11 is 1.35. The Morgan fingerprint density at radius 2 is 2.09 bits per heavy atom. The Labute approximate surface area is 208 Å². The lowest BCUT2D eigenvalue weighted by atomic mass is 9.91. The number of methoxy groups -OCH3 is 1. The summed E-state index contributed by atoms with van der Waals surface area (Å²) < 4.78 is 10.9. The van der Waals surface area contributed by atoms with Gasteiger partial charge in [0.1, 0.15) is 15.5 Å². The molecule has 2 aliphatic rings. The normalized spacial score (nSPS) is 21.9. The maximum absolute atomic E-state index is 13.0. The molecule has 1 aliphatic heterocycles. The Hall–Kier alpha value is -2.79. The van der Waals surface area contributed by atoms with Crippen LogP contribution in [-0.4, -0.2) is 67.5 Å². The van der Waals surface area contributed by atoms with E-state index in [1.165, 1.54) is 16.9 Å². The first-order valence-corrected chi connectivity index (χ1v) is 12.8. The van der Waals surface area contributed by atoms with Crippen LogP contribution in [-0.2, 0) is 22.3 Å². The van der Waals surface area contributed by atoms with Gasteiger partial charge in [-0.05, 0) is 49.9 Å². The van der Waals surface area contributed by atoms with Crippen LogP contribution in [0.4, 0.5) is 11.5 Å². The molecule has 0 unspecified atom stereocenters. The van der Waals surface area contributed by atoms with Crippen molar-refractivity contribution in [1.82, 2.24) is 15.3 Å². The number of hydrogen-bond donors (Lipinski definition) is 3. The van der Waals surface area contributed by atoms with E-state index in [4.69, 9.17) is 25.9 Å². The molecule has 1 amide bonds. The number of nitrogen functional groups attached to an aromatic ring is 1. The first-order chi connectivity index (χ1) is 16.9. The van der Waals surface area contributed by atoms with Crippen LogP contribution in [0.15, 0.2) is 24.3 Å². The SMILES string of the molecule is COCCO[C@H]1CN(c2ccc3c(n2)CC[C@H](NC(=O)c2sc4nc(C)ccc4c2N)C3)C[C@@H]1N. The molecule has 3 aromatic heterocycles. The van der Waals surface area contributed by atoms with Crippen LogP contribution in [0.1, 0.15) is 33.0 Å². The van der Waals surface area contributed by atoms with Gasteiger partial charge >= 0.3 is 0 Å². The highest BCUT2D eigenvalue weighted by molar-refractivity contribution is 7.21. The van der Waals surface area contributed by atoms with E-state index in [0.717, 1.165) is 53.2 Å². The third-order valence-corrected chi connectivity index (χ3v) is 7.89. The highest BCUT2D eigenvalue weighted by Crippen LogP contribution is 2.33. The molecule has 1 saturated heterocycles. The van der Waals surface area contributed by atoms with Crippen LogP contribution < -0.4 is 21.7 Å². The molecular weight excluding hydrogens is 464 g/mol. The van der Waals surface area contributed by atoms with E-state index in [2.05, 4.69) is 21.3 Å². The molecule has 5 N–H and O–H groups in total. The zero-order valence-electron chi connectivity index (χ0n) is 20.1. The van der Waals surface area contributed by atoms with Crippen LogP contribution in [0.3, 0.4) is 0 Å². The minimum absolute atomic E-state index is 0.0250. The average molecular weight is 497 g/mol. The van der Waals surface area contributed by atoms with Crippen LogP contribution in [0.25, 0.3) is 10.2 Å². The molecule has 186 valence electrons. The average Bonchev–Trinajstić information content (AvgIpc) is 3.38. The zero-order chi connectivity index (χ0) is 24.5. The van der Waals surface area contributed by atoms with Gasteiger partial charge in [0, 0.05) is 43.0 Å². The number of thiophene rings is 1. The van der Waals surface area contributed by atoms with E-state index in [1.807, 2.05) is 25.1 Å². The molecule has 0 radical (unpaired) electrons. The van der Waals surface area contributed by atoms with E-state index in [1.54, 1.807) is 7.11 Å². The minimum Gasteiger partial charge on any atom is -0.397 e. The van der Waals surface area contributed by atoms with E-state index in [0.29, 0.717) is 30.3 Å². The van der Waals surface area contributed by atoms with Gasteiger partial charge in [-0.25, -0.2) is 9.97 Å². The molecule has 1 aliphatic carbocycles. The quantitative estimate of drug-likeness (QED) is 0.424. The molecule has 9 nitrogen and oxygen atoms in total. The fourth-order valence-electron chi connectivity index (χ4n) is 4.85. The number of pyridine rings is 2. The van der Waals surface area contributed by atoms with Crippen molar-refractivity contribution in [2.45, 2.75) is 44.4 Å². The number of carbonyl (C=O) groups is 1. The van der Waals surface area contributed by atoms with Crippen LogP contribution >= 0.6 is 11.3 Å². The van der Waals surface area contributed by atoms with Crippen molar-refractivity contribution >= 4 is 39.0 Å². The number of nitrogens with one attached hydrogen (secondary N) is 1. The molecule has 3 atom stereocenters. The fraction of sp³-hybridized carbons (Fsp3) is 0.480. The molecule has 0 saturated carbocycles. The molecule has 35 heavy (non-hydrogen) atoms. The van der Waals surface area contributed by atoms with Crippen molar-refractivity contribution < 1.29 is 14.3 Å². The number of nitrogens with zero attached hydrogens (tertiary/aromatic N) is 3. The smallest absolute Gasteiger partial charge is 0.263 e. The number of fused-ring (bicyclic) bond motifs is 2. The highest BCUT2D eigenvalue weighted by atomic mass is 32.1. The van der Waals surface area contributed by atoms with Gasteiger partial charge in [-0.1, -0.05) is 6.07 Å². The predicted molar refractivity (Wildman–Crippen MR) is 138 cm³/mol. The van der Waals surface area contributed by atoms with Crippen LogP contribution in [0, 0.1) is 6.92 Å². The number of nitrogens with two attached hydrogens (primary N) is 2. The van der Waals surface area contributed by atoms with Crippen LogP contribution in [0.2, 0.25) is 0 Å². The lowest BCUT2D eigenvalue weighted by Gasteiger charge is -2.26. The number of ether oxygens (including phenoxy) is 2. The van der Waals surface area contributed by atoms with E-state index in [9.17, 15) is 4.79 Å². The monoisotopic (exact) mass is 496 g/mol. The number of carbonyl (C=O) groups excluding carboxylic acids is 1. The van der Waals surface area contributed by atoms with Crippen molar-refractivity contribution in [2.24, 2.45) is 5.73 Å². The Morgan fingerprint density at radius 1 is 1.23 bits per heavy atom. The summed E-state index contributed by atoms with van der Waals surface area (Å²) in [6.45, 7) is 4.47. The van der Waals surface area contributed by atoms with Gasteiger partial charge in [0.15, 0.2) is 0 Å². The Balaban J connectivity index is 1.22. The first-order valence-electron chi connectivity index (χ1n) is 12.0. The number of aromatic nitrogens is 2. The predicted octanol–water partition coefficient (Wildman–Crippen LogP) is 2.05. The minimum atomic E-state index is -0.133. The molecule has 3 aromatic rings. The second-order valence-electron chi connectivity index (χ2n) is 9.31. The maximum atomic E-state index is 13.0. The summed E-state index contributed by atoms with van der Waals surface area (Å²) in [4.78, 5) is 26.0. The van der Waals surface area contributed by atoms with E-state index < -0.39 is 0 Å². The molecule has 0 spiro atoms. The van der Waals surface area contributed by atoms with Gasteiger partial charge in [0.05, 0.1) is 31.0 Å². The van der Waals surface area contributed by atoms with Crippen LogP contribution in [0.5, 0.6) is 0 Å². The topological polar surface area (TPSA) is 129 Å². The standard InChI is InChI=1S/C25H32N6O3S/c1-14-3-6-17-22(27)23(35-25(17)28-14)24(32)29-16-5-7-19-15(11-16)4-8-21(30-19)31-12-18(26)20(13-31)34-10-9-33-2/h3-4,6,8,16,18,20H,5,7,9-13,26-27H2,1-2H3,(H,29,32)/t16-,18-,20-/m0/s1. The van der Waals surface area contributed by atoms with E-state index >= 15 is 0 Å². The van der Waals surface area contributed by atoms with Crippen molar-refractivity contribution in [3.8, 4) is 0 Å². The van der Waals surface area contributed by atoms with Gasteiger partial charge in [-0.2, -0.15) is 0 Å². The Bertz CT molecular complexity index is 1230. The summed E-state index contributed by atoms with van der Waals surface area (Å²) in [7, 11) is 1.66. The third-order valence-electron chi connectivity index (χ3n) is 6.78. The summed E-state index contributed by atoms with van der Waals surface area (Å²) in [5.41, 5.74) is 16.2. The summed E-state index contributed by atoms with van der Waals surface area (Å²) in [5, 5.41) is 4.02. The third kappa shape index (κ3) is 4.97. The number of amides is 1. The number of aryl methyl sites for hydroxylation is 2. The lowest BCUT2D eigenvalue weighted by Crippen LogP contribution is -2.39. The van der Waals surface area contributed by atoms with Crippen molar-refractivity contribution in [3.05, 3.63) is 46.1 Å². The van der Waals surface area contributed by atoms with Gasteiger partial charge in [0.25, 0.3) is 5.91 Å². The second kappa shape index (κ2) is 10.1. The number of rotatable bonds is 7. The molecule has 5 rings (SSSR count). The first kappa shape index (κ1) is 23.9.